The Labute approximate surface area is 217 Å². The van der Waals surface area contributed by atoms with Crippen LogP contribution < -0.4 is 16.6 Å². The molecule has 0 radical (unpaired) electrons. The van der Waals surface area contributed by atoms with Gasteiger partial charge in [-0.25, -0.2) is 9.59 Å². The summed E-state index contributed by atoms with van der Waals surface area (Å²) in [5, 5.41) is 18.3. The van der Waals surface area contributed by atoms with Crippen molar-refractivity contribution in [1.82, 2.24) is 30.2 Å². The Morgan fingerprint density at radius 3 is 2.41 bits per heavy atom. The fraction of sp³-hybridized carbons (Fsp3) is 0.174. The smallest absolute Gasteiger partial charge is 0.411 e. The summed E-state index contributed by atoms with van der Waals surface area (Å²) in [4.78, 5) is 53.6. The topological polar surface area (TPSA) is 173 Å². The maximum absolute atomic E-state index is 12.4. The van der Waals surface area contributed by atoms with Crippen molar-refractivity contribution in [2.24, 2.45) is 0 Å². The Bertz CT molecular complexity index is 1650. The van der Waals surface area contributed by atoms with Crippen LogP contribution in [-0.4, -0.2) is 42.0 Å². The number of aromatic nitrogens is 5. The standard InChI is InChI=1S/C23H18Cl2N6O6/c1-10-6-4-5-7-12(10)19-28-20(30-37-19)23(2,3)15-13(24)8-11(9-14(15)25)31-21(34)26-17(32)16(29-31)18(33)27-22(35)36/h4-9H,1-3H3,(H,27,33)(H,35,36)(H,26,32,34). The molecule has 0 aliphatic carbocycles. The molecule has 2 aromatic carbocycles. The van der Waals surface area contributed by atoms with Gasteiger partial charge in [0.2, 0.25) is 5.69 Å². The lowest BCUT2D eigenvalue weighted by molar-refractivity contribution is 0.0939. The first-order chi connectivity index (χ1) is 17.4. The van der Waals surface area contributed by atoms with E-state index in [1.807, 2.05) is 36.2 Å². The Balaban J connectivity index is 1.77. The number of carbonyl (C=O) groups excluding carboxylic acids is 1. The van der Waals surface area contributed by atoms with E-state index in [0.717, 1.165) is 11.1 Å². The van der Waals surface area contributed by atoms with Crippen LogP contribution in [0.3, 0.4) is 0 Å². The molecule has 4 aromatic rings. The molecule has 0 aliphatic heterocycles. The van der Waals surface area contributed by atoms with Gasteiger partial charge in [0.05, 0.1) is 11.1 Å². The molecule has 37 heavy (non-hydrogen) atoms. The number of aryl methyl sites for hydroxylation is 1. The molecule has 4 rings (SSSR count). The highest BCUT2D eigenvalue weighted by Crippen LogP contribution is 2.41. The number of aromatic amines is 1. The molecule has 190 valence electrons. The van der Waals surface area contributed by atoms with Crippen LogP contribution in [0.15, 0.2) is 50.5 Å². The van der Waals surface area contributed by atoms with Gasteiger partial charge in [-0.15, -0.1) is 0 Å². The summed E-state index contributed by atoms with van der Waals surface area (Å²) in [5.41, 5.74) is -1.83. The minimum Gasteiger partial charge on any atom is -0.465 e. The number of imide groups is 1. The minimum absolute atomic E-state index is 0.00823. The first kappa shape index (κ1) is 25.8. The van der Waals surface area contributed by atoms with E-state index in [9.17, 15) is 19.2 Å². The zero-order valence-corrected chi connectivity index (χ0v) is 21.0. The largest absolute Gasteiger partial charge is 0.465 e. The monoisotopic (exact) mass is 544 g/mol. The summed E-state index contributed by atoms with van der Waals surface area (Å²) in [7, 11) is 0. The van der Waals surface area contributed by atoms with E-state index < -0.39 is 34.4 Å². The fourth-order valence-electron chi connectivity index (χ4n) is 3.67. The van der Waals surface area contributed by atoms with Crippen LogP contribution in [0.5, 0.6) is 0 Å². The van der Waals surface area contributed by atoms with Gasteiger partial charge in [0.1, 0.15) is 0 Å². The van der Waals surface area contributed by atoms with Gasteiger partial charge < -0.3 is 9.63 Å². The molecule has 2 amide bonds. The molecule has 2 heterocycles. The Morgan fingerprint density at radius 1 is 1.14 bits per heavy atom. The number of H-pyrrole nitrogens is 1. The van der Waals surface area contributed by atoms with E-state index in [4.69, 9.17) is 32.8 Å². The van der Waals surface area contributed by atoms with Gasteiger partial charge in [-0.05, 0) is 44.5 Å². The van der Waals surface area contributed by atoms with E-state index in [-0.39, 0.29) is 15.7 Å². The fourth-order valence-corrected chi connectivity index (χ4v) is 4.62. The Hall–Kier alpha value is -4.29. The van der Waals surface area contributed by atoms with Crippen molar-refractivity contribution in [2.75, 3.05) is 0 Å². The summed E-state index contributed by atoms with van der Waals surface area (Å²) < 4.78 is 6.15. The molecule has 0 fully saturated rings. The van der Waals surface area contributed by atoms with Gasteiger partial charge in [0.15, 0.2) is 5.82 Å². The predicted molar refractivity (Wildman–Crippen MR) is 133 cm³/mol. The van der Waals surface area contributed by atoms with Crippen molar-refractivity contribution in [3.63, 3.8) is 0 Å². The number of hydrogen-bond acceptors (Lipinski definition) is 8. The molecule has 0 spiro atoms. The summed E-state index contributed by atoms with van der Waals surface area (Å²) in [6.07, 6.45) is -1.70. The van der Waals surface area contributed by atoms with Crippen molar-refractivity contribution < 1.29 is 19.2 Å². The predicted octanol–water partition coefficient (Wildman–Crippen LogP) is 3.32. The number of benzene rings is 2. The summed E-state index contributed by atoms with van der Waals surface area (Å²) >= 11 is 13.2. The second-order valence-electron chi connectivity index (χ2n) is 8.43. The lowest BCUT2D eigenvalue weighted by Gasteiger charge is -2.24. The van der Waals surface area contributed by atoms with Crippen LogP contribution in [-0.2, 0) is 5.41 Å². The SMILES string of the molecule is Cc1ccccc1-c1nc(C(C)(C)c2c(Cl)cc(-n3nc(C(=O)NC(=O)O)c(=O)[nH]c3=O)cc2Cl)no1. The summed E-state index contributed by atoms with van der Waals surface area (Å²) in [6.45, 7) is 5.48. The Kier molecular flexibility index (Phi) is 6.72. The minimum atomic E-state index is -1.70. The zero-order chi connectivity index (χ0) is 27.1. The highest BCUT2D eigenvalue weighted by molar-refractivity contribution is 6.36. The average Bonchev–Trinajstić information content (AvgIpc) is 3.29. The van der Waals surface area contributed by atoms with Crippen LogP contribution >= 0.6 is 23.2 Å². The first-order valence-electron chi connectivity index (χ1n) is 10.6. The summed E-state index contributed by atoms with van der Waals surface area (Å²) in [6, 6.07) is 10.2. The highest BCUT2D eigenvalue weighted by atomic mass is 35.5. The van der Waals surface area contributed by atoms with Gasteiger partial charge in [-0.2, -0.15) is 14.8 Å². The third kappa shape index (κ3) is 4.88. The van der Waals surface area contributed by atoms with Crippen molar-refractivity contribution in [1.29, 1.82) is 0 Å². The molecular weight excluding hydrogens is 527 g/mol. The number of carbonyl (C=O) groups is 2. The quantitative estimate of drug-likeness (QED) is 0.340. The second-order valence-corrected chi connectivity index (χ2v) is 9.24. The normalized spacial score (nSPS) is 11.4. The van der Waals surface area contributed by atoms with E-state index in [1.165, 1.54) is 17.4 Å². The van der Waals surface area contributed by atoms with E-state index >= 15 is 0 Å². The van der Waals surface area contributed by atoms with Crippen LogP contribution in [0, 0.1) is 6.92 Å². The van der Waals surface area contributed by atoms with E-state index in [2.05, 4.69) is 15.2 Å². The van der Waals surface area contributed by atoms with Gasteiger partial charge in [0.25, 0.3) is 17.4 Å². The van der Waals surface area contributed by atoms with Crippen molar-refractivity contribution >= 4 is 35.2 Å². The Morgan fingerprint density at radius 2 is 1.78 bits per heavy atom. The number of halogens is 2. The molecule has 0 saturated carbocycles. The van der Waals surface area contributed by atoms with E-state index in [1.54, 1.807) is 13.8 Å². The van der Waals surface area contributed by atoms with Gasteiger partial charge in [-0.1, -0.05) is 46.6 Å². The molecule has 3 N–H and O–H groups in total. The average molecular weight is 545 g/mol. The van der Waals surface area contributed by atoms with Gasteiger partial charge in [0, 0.05) is 21.2 Å². The second kappa shape index (κ2) is 9.64. The van der Waals surface area contributed by atoms with E-state index in [0.29, 0.717) is 22.0 Å². The molecule has 2 aromatic heterocycles. The number of amides is 2. The number of nitrogens with zero attached hydrogens (tertiary/aromatic N) is 4. The maximum atomic E-state index is 12.4. The number of hydrogen-bond donors (Lipinski definition) is 3. The van der Waals surface area contributed by atoms with Crippen LogP contribution in [0.2, 0.25) is 10.0 Å². The van der Waals surface area contributed by atoms with Gasteiger partial charge >= 0.3 is 11.8 Å². The number of nitrogens with one attached hydrogen (secondary N) is 2. The third-order valence-corrected chi connectivity index (χ3v) is 6.12. The number of carboxylic acid groups (broad SMARTS) is 1. The maximum Gasteiger partial charge on any atom is 0.411 e. The van der Waals surface area contributed by atoms with Crippen LogP contribution in [0.4, 0.5) is 4.79 Å². The van der Waals surface area contributed by atoms with Crippen molar-refractivity contribution in [3.8, 4) is 17.1 Å². The molecule has 0 bridgehead atoms. The zero-order valence-electron chi connectivity index (χ0n) is 19.5. The van der Waals surface area contributed by atoms with Crippen LogP contribution in [0.1, 0.15) is 41.3 Å². The molecule has 0 atom stereocenters. The summed E-state index contributed by atoms with van der Waals surface area (Å²) in [5.74, 6) is -0.700. The third-order valence-electron chi connectivity index (χ3n) is 5.52. The lowest BCUT2D eigenvalue weighted by atomic mass is 9.83. The molecule has 0 aliphatic rings. The van der Waals surface area contributed by atoms with Crippen molar-refractivity contribution in [3.05, 3.63) is 89.9 Å². The molecule has 14 heteroatoms. The molecule has 0 saturated heterocycles. The molecular formula is C23H18Cl2N6O6. The highest BCUT2D eigenvalue weighted by Gasteiger charge is 2.34. The molecule has 12 nitrogen and oxygen atoms in total. The molecule has 0 unspecified atom stereocenters. The van der Waals surface area contributed by atoms with Crippen LogP contribution in [0.25, 0.3) is 17.1 Å². The first-order valence-corrected chi connectivity index (χ1v) is 11.3. The lowest BCUT2D eigenvalue weighted by Crippen LogP contribution is -2.40. The number of rotatable bonds is 5. The van der Waals surface area contributed by atoms with Crippen molar-refractivity contribution in [2.45, 2.75) is 26.2 Å². The van der Waals surface area contributed by atoms with Gasteiger partial charge in [-0.3, -0.25) is 19.9 Å².